The third-order valence-corrected chi connectivity index (χ3v) is 4.86. The van der Waals surface area contributed by atoms with Crippen molar-refractivity contribution in [3.8, 4) is 0 Å². The summed E-state index contributed by atoms with van der Waals surface area (Å²) in [5.41, 5.74) is 0. The minimum Gasteiger partial charge on any atom is -1.00 e. The Kier molecular flexibility index (Phi) is 20.0. The molecule has 132 valence electrons. The van der Waals surface area contributed by atoms with Crippen LogP contribution in [0.25, 0.3) is 0 Å². The van der Waals surface area contributed by atoms with Crippen LogP contribution in [0.1, 0.15) is 39.5 Å². The van der Waals surface area contributed by atoms with E-state index in [9.17, 15) is 0 Å². The average Bonchev–Trinajstić information content (AvgIpc) is 2.33. The van der Waals surface area contributed by atoms with Crippen LogP contribution < -0.4 is 48.0 Å². The van der Waals surface area contributed by atoms with Crippen molar-refractivity contribution in [3.63, 3.8) is 0 Å². The molecule has 0 fully saturated rings. The van der Waals surface area contributed by atoms with Gasteiger partial charge in [-0.15, -0.1) is 0 Å². The lowest BCUT2D eigenvalue weighted by Gasteiger charge is -2.31. The number of halogens is 2. The maximum atomic E-state index is 2.37. The second-order valence-electron chi connectivity index (χ2n) is 7.09. The standard InChI is InChI=1S/C16H38N2S.2HI/c1-7-9-11-17(3,4)13-15-19-16-14-18(5,6)12-10-8-2;;/h7-16H2,1-6H3;2*1H/q+2;;/p-2. The molecule has 0 bridgehead atoms. The van der Waals surface area contributed by atoms with Crippen LogP contribution in [-0.4, -0.2) is 74.8 Å². The molecule has 0 atom stereocenters. The molecule has 21 heavy (non-hydrogen) atoms. The van der Waals surface area contributed by atoms with Gasteiger partial charge < -0.3 is 56.9 Å². The molecule has 0 aromatic carbocycles. The maximum absolute atomic E-state index is 2.37. The van der Waals surface area contributed by atoms with Crippen molar-refractivity contribution in [3.05, 3.63) is 0 Å². The molecule has 0 rings (SSSR count). The number of thioether (sulfide) groups is 1. The Balaban J connectivity index is -0.00000162. The SMILES string of the molecule is CCCC[N+](C)(C)CCSCC[N+](C)(C)CCCC.[I-].[I-]. The minimum atomic E-state index is 0. The van der Waals surface area contributed by atoms with Crippen LogP contribution in [0.4, 0.5) is 0 Å². The van der Waals surface area contributed by atoms with Gasteiger partial charge in [0, 0.05) is 11.5 Å². The van der Waals surface area contributed by atoms with Crippen molar-refractivity contribution in [1.29, 1.82) is 0 Å². The van der Waals surface area contributed by atoms with Crippen molar-refractivity contribution in [1.82, 2.24) is 0 Å². The van der Waals surface area contributed by atoms with E-state index in [1.165, 1.54) is 72.3 Å². The third-order valence-electron chi connectivity index (χ3n) is 3.92. The number of nitrogens with zero attached hydrogens (tertiary/aromatic N) is 2. The van der Waals surface area contributed by atoms with Gasteiger partial charge in [0.2, 0.25) is 0 Å². The summed E-state index contributed by atoms with van der Waals surface area (Å²) in [4.78, 5) is 0. The summed E-state index contributed by atoms with van der Waals surface area (Å²) < 4.78 is 2.38. The molecule has 0 aromatic heterocycles. The van der Waals surface area contributed by atoms with Crippen LogP contribution in [0.15, 0.2) is 0 Å². The topological polar surface area (TPSA) is 0 Å². The zero-order valence-electron chi connectivity index (χ0n) is 15.1. The van der Waals surface area contributed by atoms with Gasteiger partial charge in [0.1, 0.15) is 0 Å². The van der Waals surface area contributed by atoms with Crippen molar-refractivity contribution in [2.45, 2.75) is 39.5 Å². The summed E-state index contributed by atoms with van der Waals surface area (Å²) in [6.07, 6.45) is 5.35. The van der Waals surface area contributed by atoms with E-state index in [0.717, 1.165) is 0 Å². The maximum Gasteiger partial charge on any atom is 0.0874 e. The van der Waals surface area contributed by atoms with Crippen LogP contribution in [-0.2, 0) is 0 Å². The average molecular weight is 544 g/mol. The van der Waals surface area contributed by atoms with Crippen LogP contribution in [0.5, 0.6) is 0 Å². The lowest BCUT2D eigenvalue weighted by molar-refractivity contribution is -0.888. The van der Waals surface area contributed by atoms with Crippen LogP contribution >= 0.6 is 11.8 Å². The highest BCUT2D eigenvalue weighted by Crippen LogP contribution is 2.09. The van der Waals surface area contributed by atoms with Gasteiger partial charge in [-0.1, -0.05) is 26.7 Å². The number of hydrogen-bond acceptors (Lipinski definition) is 1. The zero-order chi connectivity index (χ0) is 14.8. The molecule has 0 amide bonds. The molecule has 0 N–H and O–H groups in total. The number of unbranched alkanes of at least 4 members (excludes halogenated alkanes) is 2. The Labute approximate surface area is 173 Å². The predicted molar refractivity (Wildman–Crippen MR) is 90.8 cm³/mol. The highest BCUT2D eigenvalue weighted by Gasteiger charge is 2.16. The van der Waals surface area contributed by atoms with E-state index in [0.29, 0.717) is 0 Å². The molecule has 0 saturated carbocycles. The zero-order valence-corrected chi connectivity index (χ0v) is 20.3. The Morgan fingerprint density at radius 1 is 0.619 bits per heavy atom. The van der Waals surface area contributed by atoms with E-state index in [4.69, 9.17) is 0 Å². The largest absolute Gasteiger partial charge is 1.00 e. The number of rotatable bonds is 12. The van der Waals surface area contributed by atoms with Crippen molar-refractivity contribution in [2.75, 3.05) is 65.9 Å². The first-order valence-electron chi connectivity index (χ1n) is 8.05. The molecule has 0 spiro atoms. The summed E-state index contributed by atoms with van der Waals surface area (Å²) in [5, 5.41) is 0. The van der Waals surface area contributed by atoms with Gasteiger partial charge in [-0.05, 0) is 12.8 Å². The van der Waals surface area contributed by atoms with Crippen LogP contribution in [0, 0.1) is 0 Å². The molecular formula is C16H38I2N2S. The third kappa shape index (κ3) is 17.9. The molecular weight excluding hydrogens is 506 g/mol. The summed E-state index contributed by atoms with van der Waals surface area (Å²) >= 11 is 2.14. The van der Waals surface area contributed by atoms with E-state index in [2.05, 4.69) is 53.8 Å². The fourth-order valence-corrected chi connectivity index (χ4v) is 3.57. The van der Waals surface area contributed by atoms with E-state index in [-0.39, 0.29) is 48.0 Å². The van der Waals surface area contributed by atoms with Gasteiger partial charge in [0.25, 0.3) is 0 Å². The summed E-state index contributed by atoms with van der Waals surface area (Å²) in [7, 11) is 9.49. The molecule has 0 heterocycles. The number of hydrogen-bond donors (Lipinski definition) is 0. The fourth-order valence-electron chi connectivity index (χ4n) is 2.12. The van der Waals surface area contributed by atoms with E-state index in [1.807, 2.05) is 0 Å². The Morgan fingerprint density at radius 2 is 0.952 bits per heavy atom. The quantitative estimate of drug-likeness (QED) is 0.149. The van der Waals surface area contributed by atoms with Gasteiger partial charge in [-0.2, -0.15) is 11.8 Å². The smallest absolute Gasteiger partial charge is 0.0874 e. The Hall–Kier alpha value is 1.73. The minimum absolute atomic E-state index is 0. The lowest BCUT2D eigenvalue weighted by Crippen LogP contribution is -3.00. The predicted octanol–water partition coefficient (Wildman–Crippen LogP) is -2.52. The monoisotopic (exact) mass is 544 g/mol. The number of quaternary nitrogens is 2. The molecule has 0 aliphatic heterocycles. The van der Waals surface area contributed by atoms with Crippen molar-refractivity contribution in [2.24, 2.45) is 0 Å². The summed E-state index contributed by atoms with van der Waals surface area (Å²) in [5.74, 6) is 2.62. The molecule has 5 heteroatoms. The fraction of sp³-hybridized carbons (Fsp3) is 1.00. The first kappa shape index (κ1) is 27.6. The molecule has 0 radical (unpaired) electrons. The van der Waals surface area contributed by atoms with Crippen molar-refractivity contribution >= 4 is 11.8 Å². The Bertz CT molecular complexity index is 202. The van der Waals surface area contributed by atoms with Crippen molar-refractivity contribution < 1.29 is 56.9 Å². The lowest BCUT2D eigenvalue weighted by atomic mass is 10.3. The molecule has 0 unspecified atom stereocenters. The van der Waals surface area contributed by atoms with E-state index < -0.39 is 0 Å². The van der Waals surface area contributed by atoms with Crippen LogP contribution in [0.3, 0.4) is 0 Å². The van der Waals surface area contributed by atoms with Crippen LogP contribution in [0.2, 0.25) is 0 Å². The van der Waals surface area contributed by atoms with Gasteiger partial charge in [0.05, 0.1) is 54.4 Å². The highest BCUT2D eigenvalue weighted by atomic mass is 127. The van der Waals surface area contributed by atoms with Gasteiger partial charge in [-0.25, -0.2) is 0 Å². The molecule has 2 nitrogen and oxygen atoms in total. The first-order chi connectivity index (χ1) is 8.83. The van der Waals surface area contributed by atoms with Gasteiger partial charge in [-0.3, -0.25) is 0 Å². The highest BCUT2D eigenvalue weighted by molar-refractivity contribution is 7.99. The summed E-state index contributed by atoms with van der Waals surface area (Å²) in [6, 6.07) is 0. The van der Waals surface area contributed by atoms with E-state index >= 15 is 0 Å². The molecule has 0 aliphatic carbocycles. The Morgan fingerprint density at radius 3 is 1.24 bits per heavy atom. The normalized spacial score (nSPS) is 11.7. The van der Waals surface area contributed by atoms with Gasteiger partial charge >= 0.3 is 0 Å². The second-order valence-corrected chi connectivity index (χ2v) is 8.31. The summed E-state index contributed by atoms with van der Waals surface area (Å²) in [6.45, 7) is 9.85. The molecule has 0 aromatic rings. The molecule has 0 saturated heterocycles. The second kappa shape index (κ2) is 15.3. The molecule has 0 aliphatic rings. The van der Waals surface area contributed by atoms with E-state index in [1.54, 1.807) is 0 Å². The first-order valence-corrected chi connectivity index (χ1v) is 9.20. The van der Waals surface area contributed by atoms with Gasteiger partial charge in [0.15, 0.2) is 0 Å².